The molecule has 1 aliphatic rings. The molecule has 0 bridgehead atoms. The Labute approximate surface area is 157 Å². The molecule has 4 rings (SSSR count). The van der Waals surface area contributed by atoms with Gasteiger partial charge in [0.15, 0.2) is 6.61 Å². The zero-order valence-electron chi connectivity index (χ0n) is 14.9. The van der Waals surface area contributed by atoms with E-state index in [-0.39, 0.29) is 18.6 Å². The van der Waals surface area contributed by atoms with Gasteiger partial charge in [0, 0.05) is 6.54 Å². The van der Waals surface area contributed by atoms with E-state index in [4.69, 9.17) is 9.72 Å². The number of hydrogen-bond acceptors (Lipinski definition) is 4. The van der Waals surface area contributed by atoms with Crippen LogP contribution in [0, 0.1) is 0 Å². The molecule has 1 saturated heterocycles. The number of rotatable bonds is 5. The molecule has 4 nitrogen and oxygen atoms in total. The topological polar surface area (TPSA) is 42.4 Å². The predicted octanol–water partition coefficient (Wildman–Crippen LogP) is 4.60. The fourth-order valence-corrected chi connectivity index (χ4v) is 4.63. The third kappa shape index (κ3) is 3.31. The van der Waals surface area contributed by atoms with Crippen LogP contribution in [-0.2, 0) is 11.2 Å². The Balaban J connectivity index is 1.48. The first-order valence-corrected chi connectivity index (χ1v) is 9.93. The Morgan fingerprint density at radius 2 is 2.04 bits per heavy atom. The molecular weight excluding hydrogens is 344 g/mol. The maximum Gasteiger partial charge on any atom is 0.261 e. The summed E-state index contributed by atoms with van der Waals surface area (Å²) in [5, 5.41) is 1.03. The summed E-state index contributed by atoms with van der Waals surface area (Å²) in [4.78, 5) is 19.5. The number of benzene rings is 2. The maximum absolute atomic E-state index is 12.8. The minimum absolute atomic E-state index is 0.0395. The smallest absolute Gasteiger partial charge is 0.261 e. The van der Waals surface area contributed by atoms with Crippen molar-refractivity contribution < 1.29 is 9.53 Å². The van der Waals surface area contributed by atoms with Crippen molar-refractivity contribution in [1.29, 1.82) is 0 Å². The molecule has 5 heteroatoms. The molecule has 1 amide bonds. The van der Waals surface area contributed by atoms with E-state index < -0.39 is 0 Å². The van der Waals surface area contributed by atoms with Crippen LogP contribution in [0.3, 0.4) is 0 Å². The zero-order valence-corrected chi connectivity index (χ0v) is 15.7. The van der Waals surface area contributed by atoms with E-state index in [1.165, 1.54) is 4.70 Å². The molecule has 26 heavy (non-hydrogen) atoms. The number of likely N-dealkylation sites (tertiary alicyclic amines) is 1. The van der Waals surface area contributed by atoms with Crippen molar-refractivity contribution in [1.82, 2.24) is 9.88 Å². The minimum atomic E-state index is 0.0395. The van der Waals surface area contributed by atoms with Gasteiger partial charge in [-0.2, -0.15) is 0 Å². The summed E-state index contributed by atoms with van der Waals surface area (Å²) in [5.74, 6) is 0.844. The number of para-hydroxylation sites is 2. The van der Waals surface area contributed by atoms with Crippen LogP contribution in [0.4, 0.5) is 0 Å². The molecule has 1 atom stereocenters. The number of carbonyl (C=O) groups excluding carboxylic acids is 1. The molecule has 1 aliphatic heterocycles. The van der Waals surface area contributed by atoms with Gasteiger partial charge in [-0.3, -0.25) is 4.79 Å². The normalized spacial score (nSPS) is 17.0. The fourth-order valence-electron chi connectivity index (χ4n) is 3.51. The number of ether oxygens (including phenoxy) is 1. The molecule has 0 spiro atoms. The van der Waals surface area contributed by atoms with Crippen LogP contribution in [0.15, 0.2) is 48.5 Å². The molecule has 2 aromatic carbocycles. The lowest BCUT2D eigenvalue weighted by atomic mass is 10.1. The van der Waals surface area contributed by atoms with Gasteiger partial charge in [0.1, 0.15) is 10.8 Å². The molecular formula is C21H22N2O2S. The highest BCUT2D eigenvalue weighted by Crippen LogP contribution is 2.36. The number of aromatic nitrogens is 1. The van der Waals surface area contributed by atoms with Crippen LogP contribution < -0.4 is 4.74 Å². The van der Waals surface area contributed by atoms with Crippen LogP contribution in [0.2, 0.25) is 0 Å². The van der Waals surface area contributed by atoms with Gasteiger partial charge in [0.25, 0.3) is 5.91 Å². The molecule has 0 saturated carbocycles. The lowest BCUT2D eigenvalue weighted by Gasteiger charge is -2.23. The molecule has 1 fully saturated rings. The SMILES string of the molecule is CCc1ccccc1OCC(=O)N1CCCC1c1nc2ccccc2s1. The number of fused-ring (bicyclic) bond motifs is 1. The number of hydrogen-bond donors (Lipinski definition) is 0. The standard InChI is InChI=1S/C21H22N2O2S/c1-2-15-8-3-5-11-18(15)25-14-20(24)23-13-7-10-17(23)21-22-16-9-4-6-12-19(16)26-21/h3-6,8-9,11-12,17H,2,7,10,13-14H2,1H3. The second kappa shape index (κ2) is 7.46. The summed E-state index contributed by atoms with van der Waals surface area (Å²) >= 11 is 1.69. The number of carbonyl (C=O) groups is 1. The number of amides is 1. The number of nitrogens with zero attached hydrogens (tertiary/aromatic N) is 2. The second-order valence-electron chi connectivity index (χ2n) is 6.51. The quantitative estimate of drug-likeness (QED) is 0.663. The van der Waals surface area contributed by atoms with Crippen molar-refractivity contribution in [2.24, 2.45) is 0 Å². The summed E-state index contributed by atoms with van der Waals surface area (Å²) in [6, 6.07) is 16.1. The van der Waals surface area contributed by atoms with Gasteiger partial charge in [-0.25, -0.2) is 4.98 Å². The van der Waals surface area contributed by atoms with Crippen molar-refractivity contribution in [3.63, 3.8) is 0 Å². The maximum atomic E-state index is 12.8. The van der Waals surface area contributed by atoms with E-state index in [0.29, 0.717) is 0 Å². The lowest BCUT2D eigenvalue weighted by molar-refractivity contribution is -0.134. The first-order valence-electron chi connectivity index (χ1n) is 9.12. The zero-order chi connectivity index (χ0) is 17.9. The Morgan fingerprint density at radius 1 is 1.23 bits per heavy atom. The average molecular weight is 366 g/mol. The monoisotopic (exact) mass is 366 g/mol. The molecule has 1 aromatic heterocycles. The van der Waals surface area contributed by atoms with Crippen LogP contribution in [0.25, 0.3) is 10.2 Å². The van der Waals surface area contributed by atoms with Crippen molar-refractivity contribution in [2.75, 3.05) is 13.2 Å². The molecule has 0 N–H and O–H groups in total. The van der Waals surface area contributed by atoms with Crippen molar-refractivity contribution in [3.05, 3.63) is 59.1 Å². The van der Waals surface area contributed by atoms with Gasteiger partial charge >= 0.3 is 0 Å². The molecule has 0 radical (unpaired) electrons. The minimum Gasteiger partial charge on any atom is -0.483 e. The second-order valence-corrected chi connectivity index (χ2v) is 7.58. The van der Waals surface area contributed by atoms with Gasteiger partial charge in [-0.1, -0.05) is 37.3 Å². The van der Waals surface area contributed by atoms with Gasteiger partial charge in [-0.15, -0.1) is 11.3 Å². The third-order valence-electron chi connectivity index (χ3n) is 4.87. The molecule has 0 aliphatic carbocycles. The first-order chi connectivity index (χ1) is 12.8. The van der Waals surface area contributed by atoms with Gasteiger partial charge in [0.2, 0.25) is 0 Å². The fraction of sp³-hybridized carbons (Fsp3) is 0.333. The summed E-state index contributed by atoms with van der Waals surface area (Å²) in [7, 11) is 0. The molecule has 2 heterocycles. The van der Waals surface area contributed by atoms with Crippen LogP contribution in [0.5, 0.6) is 5.75 Å². The average Bonchev–Trinajstić information content (AvgIpc) is 3.32. The Kier molecular flexibility index (Phi) is 4.89. The Hall–Kier alpha value is -2.40. The summed E-state index contributed by atoms with van der Waals surface area (Å²) in [6.45, 7) is 2.95. The largest absolute Gasteiger partial charge is 0.483 e. The molecule has 1 unspecified atom stereocenters. The number of aryl methyl sites for hydroxylation is 1. The van der Waals surface area contributed by atoms with Gasteiger partial charge < -0.3 is 9.64 Å². The lowest BCUT2D eigenvalue weighted by Crippen LogP contribution is -2.34. The van der Waals surface area contributed by atoms with Gasteiger partial charge in [-0.05, 0) is 43.0 Å². The van der Waals surface area contributed by atoms with E-state index in [1.807, 2.05) is 47.4 Å². The van der Waals surface area contributed by atoms with E-state index in [9.17, 15) is 4.79 Å². The Morgan fingerprint density at radius 3 is 2.88 bits per heavy atom. The highest BCUT2D eigenvalue weighted by molar-refractivity contribution is 7.18. The summed E-state index contributed by atoms with van der Waals surface area (Å²) in [5.41, 5.74) is 2.14. The first kappa shape index (κ1) is 17.0. The van der Waals surface area contributed by atoms with E-state index >= 15 is 0 Å². The summed E-state index contributed by atoms with van der Waals surface area (Å²) < 4.78 is 7.01. The van der Waals surface area contributed by atoms with Gasteiger partial charge in [0.05, 0.1) is 16.3 Å². The van der Waals surface area contributed by atoms with E-state index in [2.05, 4.69) is 13.0 Å². The van der Waals surface area contributed by atoms with Crippen molar-refractivity contribution in [3.8, 4) is 5.75 Å². The number of thiazole rings is 1. The summed E-state index contributed by atoms with van der Waals surface area (Å²) in [6.07, 6.45) is 2.87. The predicted molar refractivity (Wildman–Crippen MR) is 105 cm³/mol. The van der Waals surface area contributed by atoms with Crippen LogP contribution in [-0.4, -0.2) is 28.9 Å². The van der Waals surface area contributed by atoms with E-state index in [1.54, 1.807) is 11.3 Å². The van der Waals surface area contributed by atoms with Crippen LogP contribution in [0.1, 0.15) is 36.4 Å². The molecule has 134 valence electrons. The van der Waals surface area contributed by atoms with Crippen molar-refractivity contribution >= 4 is 27.5 Å². The highest BCUT2D eigenvalue weighted by Gasteiger charge is 2.32. The Bertz CT molecular complexity index is 888. The van der Waals surface area contributed by atoms with E-state index in [0.717, 1.165) is 47.6 Å². The van der Waals surface area contributed by atoms with Crippen LogP contribution >= 0.6 is 11.3 Å². The third-order valence-corrected chi connectivity index (χ3v) is 6.01. The highest BCUT2D eigenvalue weighted by atomic mass is 32.1. The van der Waals surface area contributed by atoms with Crippen molar-refractivity contribution in [2.45, 2.75) is 32.2 Å². The molecule has 3 aromatic rings.